The van der Waals surface area contributed by atoms with Gasteiger partial charge in [0.05, 0.1) is 14.4 Å². The minimum Gasteiger partial charge on any atom is -0.790 e. The molecule has 0 unspecified atom stereocenters. The molecule has 164 valence electrons. The van der Waals surface area contributed by atoms with E-state index in [1.165, 1.54) is 109 Å². The van der Waals surface area contributed by atoms with Gasteiger partial charge in [-0.15, -0.1) is 0 Å². The van der Waals surface area contributed by atoms with E-state index in [-0.39, 0.29) is 29.7 Å². The summed E-state index contributed by atoms with van der Waals surface area (Å²) in [7, 11) is -4.76. The molecule has 28 heavy (non-hydrogen) atoms. The van der Waals surface area contributed by atoms with Gasteiger partial charge < -0.3 is 18.9 Å². The zero-order valence-corrected chi connectivity index (χ0v) is 20.9. The van der Waals surface area contributed by atoms with E-state index >= 15 is 0 Å². The minimum atomic E-state index is -4.76. The first-order valence-electron chi connectivity index (χ1n) is 11.7. The van der Waals surface area contributed by atoms with Gasteiger partial charge in [0.25, 0.3) is 0 Å². The smallest absolute Gasteiger partial charge is 0.790 e. The fourth-order valence-corrected chi connectivity index (χ4v) is 3.89. The van der Waals surface area contributed by atoms with E-state index < -0.39 is 7.82 Å². The van der Waals surface area contributed by atoms with Crippen molar-refractivity contribution in [3.8, 4) is 0 Å². The molecule has 0 aliphatic heterocycles. The summed E-state index contributed by atoms with van der Waals surface area (Å²) in [6, 6.07) is 0. The van der Waals surface area contributed by atoms with Gasteiger partial charge in [-0.1, -0.05) is 129 Å². The second-order valence-electron chi connectivity index (χ2n) is 8.00. The van der Waals surface area contributed by atoms with Crippen LogP contribution in [0.25, 0.3) is 0 Å². The van der Waals surface area contributed by atoms with Gasteiger partial charge in [0.1, 0.15) is 0 Å². The second kappa shape index (κ2) is 24.1. The van der Waals surface area contributed by atoms with Crippen molar-refractivity contribution in [2.45, 2.75) is 135 Å². The third-order valence-electron chi connectivity index (χ3n) is 5.25. The maximum atomic E-state index is 10.3. The minimum absolute atomic E-state index is 0. The van der Waals surface area contributed by atoms with Crippen molar-refractivity contribution in [1.82, 2.24) is 0 Å². The number of hydrogen-bond acceptors (Lipinski definition) is 4. The largest absolute Gasteiger partial charge is 2.00 e. The van der Waals surface area contributed by atoms with Gasteiger partial charge in [0, 0.05) is 0 Å². The van der Waals surface area contributed by atoms with E-state index in [0.717, 1.165) is 12.8 Å². The summed E-state index contributed by atoms with van der Waals surface area (Å²) in [5, 5.41) is 0. The second-order valence-corrected chi connectivity index (χ2v) is 9.15. The molecule has 0 aliphatic carbocycles. The molecule has 0 fully saturated rings. The summed E-state index contributed by atoms with van der Waals surface area (Å²) >= 11 is 0. The normalized spacial score (nSPS) is 11.5. The van der Waals surface area contributed by atoms with Crippen LogP contribution in [0.3, 0.4) is 0 Å². The summed E-state index contributed by atoms with van der Waals surface area (Å²) in [4.78, 5) is 20.6. The summed E-state index contributed by atoms with van der Waals surface area (Å²) in [6.07, 6.45) is 26.2. The Kier molecular flexibility index (Phi) is 26.8. The zero-order valence-electron chi connectivity index (χ0n) is 18.6. The Morgan fingerprint density at radius 2 is 0.786 bits per heavy atom. The average Bonchev–Trinajstić information content (AvgIpc) is 2.62. The van der Waals surface area contributed by atoms with Crippen molar-refractivity contribution >= 4 is 30.9 Å². The monoisotopic (exact) mass is 428 g/mol. The first-order chi connectivity index (χ1) is 13.1. The molecule has 0 aromatic carbocycles. The van der Waals surface area contributed by atoms with E-state index in [9.17, 15) is 14.4 Å². The first kappa shape index (κ1) is 31.1. The van der Waals surface area contributed by atoms with E-state index in [4.69, 9.17) is 0 Å². The first-order valence-corrected chi connectivity index (χ1v) is 13.2. The zero-order chi connectivity index (χ0) is 20.1. The van der Waals surface area contributed by atoms with E-state index in [0.29, 0.717) is 6.42 Å². The molecule has 0 spiro atoms. The van der Waals surface area contributed by atoms with Crippen molar-refractivity contribution in [2.24, 2.45) is 0 Å². The van der Waals surface area contributed by atoms with Gasteiger partial charge in [0.15, 0.2) is 0 Å². The Bertz CT molecular complexity index is 336. The molecule has 0 heterocycles. The Labute approximate surface area is 191 Å². The topological polar surface area (TPSA) is 72.4 Å². The third-order valence-corrected chi connectivity index (χ3v) is 5.75. The molecule has 0 aromatic rings. The third kappa shape index (κ3) is 29.1. The van der Waals surface area contributed by atoms with Crippen LogP contribution in [-0.4, -0.2) is 29.7 Å². The quantitative estimate of drug-likeness (QED) is 0.116. The van der Waals surface area contributed by atoms with Gasteiger partial charge in [-0.25, -0.2) is 0 Å². The van der Waals surface area contributed by atoms with Crippen LogP contribution in [0.5, 0.6) is 0 Å². The molecule has 6 heteroatoms. The maximum Gasteiger partial charge on any atom is 2.00 e. The van der Waals surface area contributed by atoms with E-state index in [1.54, 1.807) is 0 Å². The van der Waals surface area contributed by atoms with Gasteiger partial charge in [-0.3, -0.25) is 0 Å². The number of phosphoric acid groups is 1. The predicted molar refractivity (Wildman–Crippen MR) is 117 cm³/mol. The van der Waals surface area contributed by atoms with Gasteiger partial charge in [0.2, 0.25) is 0 Å². The summed E-state index contributed by atoms with van der Waals surface area (Å²) in [5.41, 5.74) is 0. The van der Waals surface area contributed by atoms with E-state index in [2.05, 4.69) is 11.4 Å². The molecule has 0 amide bonds. The number of unbranched alkanes of at least 4 members (excludes halogenated alkanes) is 19. The molecule has 0 saturated heterocycles. The number of hydrogen-bond donors (Lipinski definition) is 0. The van der Waals surface area contributed by atoms with Crippen LogP contribution in [-0.2, 0) is 9.09 Å². The summed E-state index contributed by atoms with van der Waals surface area (Å²) < 4.78 is 14.5. The van der Waals surface area contributed by atoms with Crippen LogP contribution in [0.2, 0.25) is 0 Å². The van der Waals surface area contributed by atoms with Crippen molar-refractivity contribution in [2.75, 3.05) is 6.61 Å². The average molecular weight is 429 g/mol. The van der Waals surface area contributed by atoms with Crippen LogP contribution in [0, 0.1) is 0 Å². The Morgan fingerprint density at radius 1 is 0.536 bits per heavy atom. The molecule has 0 saturated carbocycles. The summed E-state index contributed by atoms with van der Waals surface area (Å²) in [5.74, 6) is 0. The molecular formula is C22H45MgO4P. The Balaban J connectivity index is 0. The molecular weight excluding hydrogens is 384 g/mol. The van der Waals surface area contributed by atoms with Crippen LogP contribution in [0.15, 0.2) is 0 Å². The van der Waals surface area contributed by atoms with Crippen molar-refractivity contribution in [3.63, 3.8) is 0 Å². The Morgan fingerprint density at radius 3 is 1.04 bits per heavy atom. The van der Waals surface area contributed by atoms with Crippen molar-refractivity contribution < 1.29 is 18.9 Å². The summed E-state index contributed by atoms with van der Waals surface area (Å²) in [6.45, 7) is 2.32. The standard InChI is InChI=1S/C22H47O4P.Mg/c1-2-3-4-5-6-7-8-9-10-11-12-13-14-15-16-17-18-19-20-21-22-26-27(23,24)25;/h2-22H2,1H3,(H2,23,24,25);/q;+2/p-2. The van der Waals surface area contributed by atoms with Crippen molar-refractivity contribution in [3.05, 3.63) is 0 Å². The fourth-order valence-electron chi connectivity index (χ4n) is 3.53. The molecule has 0 aromatic heterocycles. The van der Waals surface area contributed by atoms with Gasteiger partial charge >= 0.3 is 23.1 Å². The van der Waals surface area contributed by atoms with Crippen LogP contribution in [0.1, 0.15) is 135 Å². The SMILES string of the molecule is CCCCCCCCCCCCCCCCCCCCCCOP(=O)([O-])[O-].[Mg+2]. The molecule has 0 bridgehead atoms. The molecule has 0 rings (SSSR count). The molecule has 0 N–H and O–H groups in total. The number of rotatable bonds is 22. The maximum absolute atomic E-state index is 10.3. The van der Waals surface area contributed by atoms with Gasteiger partial charge in [-0.05, 0) is 6.42 Å². The fraction of sp³-hybridized carbons (Fsp3) is 1.00. The van der Waals surface area contributed by atoms with Crippen molar-refractivity contribution in [1.29, 1.82) is 0 Å². The number of phosphoric ester groups is 1. The molecule has 4 nitrogen and oxygen atoms in total. The molecule has 0 aliphatic rings. The van der Waals surface area contributed by atoms with Crippen LogP contribution >= 0.6 is 7.82 Å². The predicted octanol–water partition coefficient (Wildman–Crippen LogP) is 6.27. The Hall–Kier alpha value is 0.876. The van der Waals surface area contributed by atoms with Gasteiger partial charge in [-0.2, -0.15) is 0 Å². The van der Waals surface area contributed by atoms with Crippen LogP contribution < -0.4 is 9.79 Å². The van der Waals surface area contributed by atoms with E-state index in [1.807, 2.05) is 0 Å². The molecule has 0 radical (unpaired) electrons. The molecule has 0 atom stereocenters. The van der Waals surface area contributed by atoms with Crippen LogP contribution in [0.4, 0.5) is 0 Å².